The van der Waals surface area contributed by atoms with Gasteiger partial charge in [-0.25, -0.2) is 0 Å². The fraction of sp³-hybridized carbons (Fsp3) is 0.474. The standard InChI is InChI=1S/C19H19N5S/c1-2-5-24-6-3-14-15(8-20)18(23)19(11-21,12-22)17(16(14)9-24)13-4-7-25-10-13/h3-4,7,10,15-17,23H,2,5-6,9H2,1H3/p+1/t15?,16-,17+/m1/s1. The number of nitriles is 3. The molecule has 0 saturated heterocycles. The van der Waals surface area contributed by atoms with E-state index in [4.69, 9.17) is 5.41 Å². The van der Waals surface area contributed by atoms with Crippen LogP contribution in [0, 0.1) is 56.7 Å². The lowest BCUT2D eigenvalue weighted by molar-refractivity contribution is -0.899. The molecule has 3 rings (SSSR count). The van der Waals surface area contributed by atoms with Gasteiger partial charge in [-0.1, -0.05) is 6.92 Å². The molecule has 0 aromatic carbocycles. The Hall–Kier alpha value is -2.46. The van der Waals surface area contributed by atoms with Crippen molar-refractivity contribution in [1.29, 1.82) is 21.2 Å². The predicted molar refractivity (Wildman–Crippen MR) is 95.0 cm³/mol. The maximum Gasteiger partial charge on any atom is 0.190 e. The van der Waals surface area contributed by atoms with Crippen molar-refractivity contribution in [1.82, 2.24) is 0 Å². The van der Waals surface area contributed by atoms with E-state index in [1.807, 2.05) is 16.8 Å². The lowest BCUT2D eigenvalue weighted by Crippen LogP contribution is -3.13. The van der Waals surface area contributed by atoms with Gasteiger partial charge in [0.2, 0.25) is 0 Å². The van der Waals surface area contributed by atoms with E-state index in [0.717, 1.165) is 37.2 Å². The largest absolute Gasteiger partial charge is 0.331 e. The molecule has 0 radical (unpaired) electrons. The van der Waals surface area contributed by atoms with E-state index < -0.39 is 11.3 Å². The Morgan fingerprint density at radius 2 is 2.12 bits per heavy atom. The van der Waals surface area contributed by atoms with E-state index in [0.29, 0.717) is 0 Å². The summed E-state index contributed by atoms with van der Waals surface area (Å²) in [7, 11) is 0. The van der Waals surface area contributed by atoms with Crippen molar-refractivity contribution in [2.24, 2.45) is 17.3 Å². The van der Waals surface area contributed by atoms with Crippen LogP contribution < -0.4 is 4.90 Å². The number of nitrogens with one attached hydrogen (secondary N) is 2. The van der Waals surface area contributed by atoms with Crippen LogP contribution in [0.4, 0.5) is 0 Å². The van der Waals surface area contributed by atoms with Crippen LogP contribution in [0.15, 0.2) is 28.5 Å². The minimum atomic E-state index is -1.57. The predicted octanol–water partition coefficient (Wildman–Crippen LogP) is 1.89. The third-order valence-corrected chi connectivity index (χ3v) is 6.17. The first kappa shape index (κ1) is 17.4. The minimum Gasteiger partial charge on any atom is -0.331 e. The molecule has 2 aliphatic rings. The Labute approximate surface area is 151 Å². The zero-order valence-electron chi connectivity index (χ0n) is 14.1. The van der Waals surface area contributed by atoms with E-state index in [2.05, 4.69) is 31.2 Å². The third kappa shape index (κ3) is 2.57. The Balaban J connectivity index is 2.18. The highest BCUT2D eigenvalue weighted by Crippen LogP contribution is 2.52. The molecule has 1 aliphatic carbocycles. The molecular formula is C19H20N5S+. The zero-order chi connectivity index (χ0) is 18.0. The van der Waals surface area contributed by atoms with Gasteiger partial charge in [-0.15, -0.1) is 0 Å². The third-order valence-electron chi connectivity index (χ3n) is 5.47. The highest BCUT2D eigenvalue weighted by Gasteiger charge is 2.58. The van der Waals surface area contributed by atoms with Crippen molar-refractivity contribution < 1.29 is 4.90 Å². The summed E-state index contributed by atoms with van der Waals surface area (Å²) in [5.41, 5.74) is 0.239. The van der Waals surface area contributed by atoms with Crippen molar-refractivity contribution >= 4 is 17.0 Å². The van der Waals surface area contributed by atoms with Crippen molar-refractivity contribution in [3.63, 3.8) is 0 Å². The van der Waals surface area contributed by atoms with Gasteiger partial charge in [0.25, 0.3) is 0 Å². The van der Waals surface area contributed by atoms with Gasteiger partial charge in [-0.05, 0) is 40.5 Å². The lowest BCUT2D eigenvalue weighted by Gasteiger charge is -2.46. The summed E-state index contributed by atoms with van der Waals surface area (Å²) in [6.07, 6.45) is 3.15. The number of rotatable bonds is 3. The normalized spacial score (nSPS) is 30.3. The van der Waals surface area contributed by atoms with Gasteiger partial charge in [0.1, 0.15) is 5.92 Å². The van der Waals surface area contributed by atoms with Gasteiger partial charge < -0.3 is 10.3 Å². The molecule has 25 heavy (non-hydrogen) atoms. The minimum absolute atomic E-state index is 0.0528. The molecule has 4 atom stereocenters. The molecule has 1 saturated carbocycles. The van der Waals surface area contributed by atoms with E-state index in [9.17, 15) is 15.8 Å². The molecule has 2 heterocycles. The van der Waals surface area contributed by atoms with Gasteiger partial charge in [-0.3, -0.25) is 0 Å². The summed E-state index contributed by atoms with van der Waals surface area (Å²) in [6, 6.07) is 8.40. The second-order valence-corrected chi connectivity index (χ2v) is 7.54. The summed E-state index contributed by atoms with van der Waals surface area (Å²) in [6.45, 7) is 4.81. The molecular weight excluding hydrogens is 330 g/mol. The van der Waals surface area contributed by atoms with Crippen molar-refractivity contribution in [2.75, 3.05) is 19.6 Å². The summed E-state index contributed by atoms with van der Waals surface area (Å²) < 4.78 is 0. The number of fused-ring (bicyclic) bond motifs is 1. The zero-order valence-corrected chi connectivity index (χ0v) is 14.9. The second kappa shape index (κ2) is 6.81. The first-order valence-corrected chi connectivity index (χ1v) is 9.43. The van der Waals surface area contributed by atoms with Crippen LogP contribution in [0.25, 0.3) is 0 Å². The molecule has 1 aromatic rings. The molecule has 0 amide bonds. The first-order valence-electron chi connectivity index (χ1n) is 8.49. The maximum atomic E-state index is 9.91. The van der Waals surface area contributed by atoms with Gasteiger partial charge in [-0.2, -0.15) is 27.1 Å². The smallest absolute Gasteiger partial charge is 0.190 e. The molecule has 0 bridgehead atoms. The monoisotopic (exact) mass is 350 g/mol. The Morgan fingerprint density at radius 3 is 2.68 bits per heavy atom. The summed E-state index contributed by atoms with van der Waals surface area (Å²) >= 11 is 1.53. The summed E-state index contributed by atoms with van der Waals surface area (Å²) in [5.74, 6) is -1.20. The van der Waals surface area contributed by atoms with Gasteiger partial charge in [0, 0.05) is 11.8 Å². The van der Waals surface area contributed by atoms with Crippen molar-refractivity contribution in [3.05, 3.63) is 34.0 Å². The second-order valence-electron chi connectivity index (χ2n) is 6.76. The highest BCUT2D eigenvalue weighted by atomic mass is 32.1. The molecule has 2 N–H and O–H groups in total. The van der Waals surface area contributed by atoms with Crippen LogP contribution in [0.2, 0.25) is 0 Å². The molecule has 2 unspecified atom stereocenters. The number of thiophene rings is 1. The SMILES string of the molecule is CCC[NH+]1CC=C2C(C#N)C(=N)C(C#N)(C#N)[C@@H](c3ccsc3)[C@@H]2C1. The van der Waals surface area contributed by atoms with E-state index in [1.165, 1.54) is 16.2 Å². The fourth-order valence-electron chi connectivity index (χ4n) is 4.35. The Morgan fingerprint density at radius 1 is 1.36 bits per heavy atom. The van der Waals surface area contributed by atoms with Crippen molar-refractivity contribution in [2.45, 2.75) is 19.3 Å². The van der Waals surface area contributed by atoms with Crippen LogP contribution in [0.3, 0.4) is 0 Å². The molecule has 6 heteroatoms. The van der Waals surface area contributed by atoms with E-state index in [1.54, 1.807) is 0 Å². The quantitative estimate of drug-likeness (QED) is 0.814. The molecule has 5 nitrogen and oxygen atoms in total. The highest BCUT2D eigenvalue weighted by molar-refractivity contribution is 7.08. The van der Waals surface area contributed by atoms with Gasteiger partial charge in [0.15, 0.2) is 5.41 Å². The van der Waals surface area contributed by atoms with E-state index in [-0.39, 0.29) is 17.5 Å². The number of quaternary nitrogens is 1. The lowest BCUT2D eigenvalue weighted by atomic mass is 9.54. The van der Waals surface area contributed by atoms with Crippen molar-refractivity contribution in [3.8, 4) is 18.2 Å². The maximum absolute atomic E-state index is 9.91. The van der Waals surface area contributed by atoms with E-state index >= 15 is 0 Å². The van der Waals surface area contributed by atoms with Gasteiger partial charge >= 0.3 is 0 Å². The number of nitrogens with zero attached hydrogens (tertiary/aromatic N) is 3. The average molecular weight is 350 g/mol. The van der Waals surface area contributed by atoms with Gasteiger partial charge in [0.05, 0.1) is 43.6 Å². The van der Waals surface area contributed by atoms with Crippen LogP contribution in [-0.4, -0.2) is 25.3 Å². The van der Waals surface area contributed by atoms with Crippen LogP contribution in [0.1, 0.15) is 24.8 Å². The fourth-order valence-corrected chi connectivity index (χ4v) is 5.04. The molecule has 1 fully saturated rings. The summed E-state index contributed by atoms with van der Waals surface area (Å²) in [4.78, 5) is 1.41. The molecule has 126 valence electrons. The summed E-state index contributed by atoms with van der Waals surface area (Å²) in [5, 5.41) is 41.9. The average Bonchev–Trinajstić information content (AvgIpc) is 3.15. The van der Waals surface area contributed by atoms with Crippen LogP contribution in [0.5, 0.6) is 0 Å². The molecule has 0 spiro atoms. The first-order chi connectivity index (χ1) is 12.1. The number of hydrogen-bond donors (Lipinski definition) is 2. The Kier molecular flexibility index (Phi) is 4.73. The molecule has 1 aliphatic heterocycles. The van der Waals surface area contributed by atoms with Crippen LogP contribution in [-0.2, 0) is 0 Å². The topological polar surface area (TPSA) is 99.7 Å². The van der Waals surface area contributed by atoms with Crippen LogP contribution >= 0.6 is 11.3 Å². The Bertz CT molecular complexity index is 803. The number of hydrogen-bond acceptors (Lipinski definition) is 5. The molecule has 1 aromatic heterocycles.